The van der Waals surface area contributed by atoms with Crippen LogP contribution in [0.15, 0.2) is 30.3 Å². The van der Waals surface area contributed by atoms with Crippen molar-refractivity contribution < 1.29 is 19.3 Å². The van der Waals surface area contributed by atoms with E-state index in [1.807, 2.05) is 6.92 Å². The second-order valence-corrected chi connectivity index (χ2v) is 5.54. The molecule has 22 heavy (non-hydrogen) atoms. The smallest absolute Gasteiger partial charge is 0.166 e. The Balaban J connectivity index is 1.96. The first-order chi connectivity index (χ1) is 10.5. The van der Waals surface area contributed by atoms with Crippen LogP contribution in [-0.4, -0.2) is 10.2 Å². The second-order valence-electron chi connectivity index (χ2n) is 5.54. The predicted molar refractivity (Wildman–Crippen MR) is 80.3 cm³/mol. The molecule has 0 aliphatic heterocycles. The van der Waals surface area contributed by atoms with Crippen molar-refractivity contribution in [2.75, 3.05) is 0 Å². The zero-order chi connectivity index (χ0) is 15.9. The molecule has 1 aliphatic rings. The Hall–Kier alpha value is -2.67. The van der Waals surface area contributed by atoms with Crippen LogP contribution in [0.3, 0.4) is 0 Å². The van der Waals surface area contributed by atoms with E-state index in [0.29, 0.717) is 17.5 Å². The van der Waals surface area contributed by atoms with E-state index in [-0.39, 0.29) is 23.2 Å². The van der Waals surface area contributed by atoms with Gasteiger partial charge in [-0.15, -0.1) is 6.42 Å². The Morgan fingerprint density at radius 2 is 2.05 bits per heavy atom. The molecule has 2 aromatic rings. The van der Waals surface area contributed by atoms with Crippen LogP contribution in [-0.2, 0) is 6.42 Å². The van der Waals surface area contributed by atoms with Crippen molar-refractivity contribution in [2.45, 2.75) is 19.4 Å². The summed E-state index contributed by atoms with van der Waals surface area (Å²) in [5, 5.41) is 19.6. The van der Waals surface area contributed by atoms with E-state index in [9.17, 15) is 14.6 Å². The largest absolute Gasteiger partial charge is 0.508 e. The van der Waals surface area contributed by atoms with Crippen LogP contribution < -0.4 is 4.74 Å². The van der Waals surface area contributed by atoms with E-state index < -0.39 is 11.9 Å². The van der Waals surface area contributed by atoms with Gasteiger partial charge in [0.1, 0.15) is 17.6 Å². The van der Waals surface area contributed by atoms with Crippen LogP contribution in [0, 0.1) is 24.1 Å². The summed E-state index contributed by atoms with van der Waals surface area (Å²) >= 11 is 0. The highest BCUT2D eigenvalue weighted by Gasteiger charge is 2.34. The van der Waals surface area contributed by atoms with Gasteiger partial charge in [0.25, 0.3) is 0 Å². The van der Waals surface area contributed by atoms with Crippen LogP contribution in [0.1, 0.15) is 29.7 Å². The van der Waals surface area contributed by atoms with Gasteiger partial charge in [-0.25, -0.2) is 4.39 Å². The number of ether oxygens (including phenoxy) is 1. The third-order valence-corrected chi connectivity index (χ3v) is 3.95. The summed E-state index contributed by atoms with van der Waals surface area (Å²) < 4.78 is 19.8. The van der Waals surface area contributed by atoms with E-state index in [0.717, 1.165) is 5.56 Å². The predicted octanol–water partition coefficient (Wildman–Crippen LogP) is 3.53. The van der Waals surface area contributed by atoms with Gasteiger partial charge in [0, 0.05) is 28.7 Å². The van der Waals surface area contributed by atoms with Crippen molar-refractivity contribution in [1.29, 1.82) is 0 Å². The van der Waals surface area contributed by atoms with Gasteiger partial charge < -0.3 is 14.9 Å². The van der Waals surface area contributed by atoms with Crippen LogP contribution in [0.2, 0.25) is 0 Å². The van der Waals surface area contributed by atoms with Gasteiger partial charge in [-0.05, 0) is 30.7 Å². The standard InChI is InChI=1S/C18H15FO3/c1-3-11-4-5-17(15(19)7-11)22-18-10(2)6-13-14(18)8-12(20)9-16(13)21/h1,4-5,7-10,18,20-21H,6H2,2H3/t10?,18-/m1/s1. The molecule has 112 valence electrons. The van der Waals surface area contributed by atoms with Crippen molar-refractivity contribution in [3.63, 3.8) is 0 Å². The number of phenolic OH excluding ortho intramolecular Hbond substituents is 2. The minimum Gasteiger partial charge on any atom is -0.508 e. The Kier molecular flexibility index (Phi) is 3.42. The van der Waals surface area contributed by atoms with E-state index in [1.165, 1.54) is 18.2 Å². The van der Waals surface area contributed by atoms with E-state index in [4.69, 9.17) is 11.2 Å². The molecular formula is C18H15FO3. The fraction of sp³-hybridized carbons (Fsp3) is 0.222. The zero-order valence-corrected chi connectivity index (χ0v) is 12.0. The molecule has 0 fully saturated rings. The maximum Gasteiger partial charge on any atom is 0.166 e. The monoisotopic (exact) mass is 298 g/mol. The van der Waals surface area contributed by atoms with Gasteiger partial charge >= 0.3 is 0 Å². The summed E-state index contributed by atoms with van der Waals surface area (Å²) in [5.41, 5.74) is 1.86. The van der Waals surface area contributed by atoms with Crippen LogP contribution in [0.4, 0.5) is 4.39 Å². The van der Waals surface area contributed by atoms with Crippen molar-refractivity contribution in [3.05, 3.63) is 52.8 Å². The van der Waals surface area contributed by atoms with E-state index in [1.54, 1.807) is 12.1 Å². The Morgan fingerprint density at radius 1 is 1.27 bits per heavy atom. The number of aromatic hydroxyl groups is 2. The molecule has 3 rings (SSSR count). The van der Waals surface area contributed by atoms with Gasteiger partial charge in [-0.2, -0.15) is 0 Å². The maximum absolute atomic E-state index is 14.0. The second kappa shape index (κ2) is 5.27. The van der Waals surface area contributed by atoms with Gasteiger partial charge in [-0.1, -0.05) is 12.8 Å². The number of benzene rings is 2. The fourth-order valence-electron chi connectivity index (χ4n) is 2.88. The molecule has 2 atom stereocenters. The number of terminal acetylenes is 1. The summed E-state index contributed by atoms with van der Waals surface area (Å²) in [6, 6.07) is 7.21. The molecule has 0 bridgehead atoms. The van der Waals surface area contributed by atoms with Crippen LogP contribution >= 0.6 is 0 Å². The molecule has 3 nitrogen and oxygen atoms in total. The normalized spacial score (nSPS) is 19.5. The molecule has 1 aliphatic carbocycles. The lowest BCUT2D eigenvalue weighted by Gasteiger charge is -2.20. The average Bonchev–Trinajstić information content (AvgIpc) is 2.78. The van der Waals surface area contributed by atoms with Gasteiger partial charge in [0.15, 0.2) is 11.6 Å². The lowest BCUT2D eigenvalue weighted by atomic mass is 10.1. The number of phenols is 2. The first-order valence-electron chi connectivity index (χ1n) is 6.97. The minimum absolute atomic E-state index is 0.0381. The molecule has 2 N–H and O–H groups in total. The van der Waals surface area contributed by atoms with Crippen LogP contribution in [0.25, 0.3) is 0 Å². The molecule has 0 saturated carbocycles. The van der Waals surface area contributed by atoms with E-state index in [2.05, 4.69) is 5.92 Å². The number of halogens is 1. The van der Waals surface area contributed by atoms with Crippen molar-refractivity contribution in [3.8, 4) is 29.6 Å². The summed E-state index contributed by atoms with van der Waals surface area (Å²) in [4.78, 5) is 0. The average molecular weight is 298 g/mol. The summed E-state index contributed by atoms with van der Waals surface area (Å²) in [5.74, 6) is 1.99. The first kappa shape index (κ1) is 14.3. The summed E-state index contributed by atoms with van der Waals surface area (Å²) in [6.07, 6.45) is 5.41. The maximum atomic E-state index is 14.0. The van der Waals surface area contributed by atoms with Crippen LogP contribution in [0.5, 0.6) is 17.2 Å². The lowest BCUT2D eigenvalue weighted by Crippen LogP contribution is -2.12. The number of fused-ring (bicyclic) bond motifs is 1. The number of hydrogen-bond donors (Lipinski definition) is 2. The molecule has 0 heterocycles. The zero-order valence-electron chi connectivity index (χ0n) is 12.0. The molecule has 0 amide bonds. The molecule has 1 unspecified atom stereocenters. The van der Waals surface area contributed by atoms with Crippen molar-refractivity contribution in [1.82, 2.24) is 0 Å². The highest BCUT2D eigenvalue weighted by atomic mass is 19.1. The lowest BCUT2D eigenvalue weighted by molar-refractivity contribution is 0.152. The molecule has 0 aromatic heterocycles. The van der Waals surface area contributed by atoms with Gasteiger partial charge in [0.2, 0.25) is 0 Å². The minimum atomic E-state index is -0.527. The topological polar surface area (TPSA) is 49.7 Å². The SMILES string of the molecule is C#Cc1ccc(O[C@H]2c3cc(O)cc(O)c3CC2C)c(F)c1. The molecular weight excluding hydrogens is 283 g/mol. The first-order valence-corrected chi connectivity index (χ1v) is 6.97. The highest BCUT2D eigenvalue weighted by molar-refractivity contribution is 5.50. The molecule has 2 aromatic carbocycles. The number of hydrogen-bond acceptors (Lipinski definition) is 3. The Bertz CT molecular complexity index is 777. The van der Waals surface area contributed by atoms with Gasteiger partial charge in [0.05, 0.1) is 0 Å². The van der Waals surface area contributed by atoms with Gasteiger partial charge in [-0.3, -0.25) is 0 Å². The molecule has 4 heteroatoms. The highest BCUT2D eigenvalue weighted by Crippen LogP contribution is 2.44. The van der Waals surface area contributed by atoms with E-state index >= 15 is 0 Å². The van der Waals surface area contributed by atoms with Crippen molar-refractivity contribution >= 4 is 0 Å². The molecule has 0 spiro atoms. The third-order valence-electron chi connectivity index (χ3n) is 3.95. The Labute approximate surface area is 128 Å². The summed E-state index contributed by atoms with van der Waals surface area (Å²) in [7, 11) is 0. The number of rotatable bonds is 2. The Morgan fingerprint density at radius 3 is 2.73 bits per heavy atom. The van der Waals surface area contributed by atoms with Crippen molar-refractivity contribution in [2.24, 2.45) is 5.92 Å². The summed E-state index contributed by atoms with van der Waals surface area (Å²) in [6.45, 7) is 1.95. The fourth-order valence-corrected chi connectivity index (χ4v) is 2.88. The quantitative estimate of drug-likeness (QED) is 0.834. The third kappa shape index (κ3) is 2.35. The molecule has 0 saturated heterocycles. The molecule has 0 radical (unpaired) electrons.